The van der Waals surface area contributed by atoms with Gasteiger partial charge in [0.15, 0.2) is 0 Å². The van der Waals surface area contributed by atoms with Gasteiger partial charge in [-0.15, -0.1) is 6.58 Å². The van der Waals surface area contributed by atoms with Crippen LogP contribution in [0.4, 0.5) is 4.79 Å². The number of benzene rings is 2. The van der Waals surface area contributed by atoms with Crippen molar-refractivity contribution in [1.29, 1.82) is 0 Å². The first kappa shape index (κ1) is 50.5. The lowest BCUT2D eigenvalue weighted by molar-refractivity contribution is -0.255. The number of unbranched alkanes of at least 4 members (excludes halogenated alkanes) is 11. The second kappa shape index (κ2) is 27.0. The highest BCUT2D eigenvalue weighted by molar-refractivity contribution is 6.03. The molecule has 0 aromatic heterocycles. The first-order valence-corrected chi connectivity index (χ1v) is 25.5. The predicted octanol–water partition coefficient (Wildman–Crippen LogP) is 11.0. The van der Waals surface area contributed by atoms with Gasteiger partial charge < -0.3 is 34.0 Å². The molecule has 4 aliphatic rings. The third kappa shape index (κ3) is 14.1. The number of hydrogen-bond donors (Lipinski definition) is 2. The fourth-order valence-corrected chi connectivity index (χ4v) is 10.5. The summed E-state index contributed by atoms with van der Waals surface area (Å²) in [5.74, 6) is -0.0459. The van der Waals surface area contributed by atoms with Gasteiger partial charge in [0, 0.05) is 57.3 Å². The Balaban J connectivity index is 1.39. The van der Waals surface area contributed by atoms with Crippen molar-refractivity contribution in [3.63, 3.8) is 0 Å². The summed E-state index contributed by atoms with van der Waals surface area (Å²) in [6.45, 7) is 13.7. The molecule has 2 aliphatic carbocycles. The molecule has 0 radical (unpaired) electrons. The van der Waals surface area contributed by atoms with Gasteiger partial charge in [0.2, 0.25) is 5.79 Å². The largest absolute Gasteiger partial charge is 0.492 e. The van der Waals surface area contributed by atoms with E-state index >= 15 is 0 Å². The average Bonchev–Trinajstić information content (AvgIpc) is 4.15. The lowest BCUT2D eigenvalue weighted by Gasteiger charge is -2.59. The summed E-state index contributed by atoms with van der Waals surface area (Å²) in [5.41, 5.74) is 3.86. The molecule has 11 heteroatoms. The lowest BCUT2D eigenvalue weighted by atomic mass is 9.55. The molecule has 11 nitrogen and oxygen atoms in total. The molecule has 2 aromatic rings. The van der Waals surface area contributed by atoms with Crippen molar-refractivity contribution in [3.8, 4) is 11.5 Å². The van der Waals surface area contributed by atoms with Crippen LogP contribution in [0.2, 0.25) is 0 Å². The fraction of sp³-hybridized carbons (Fsp3) is 0.667. The molecular weight excluding hydrogens is 819 g/mol. The van der Waals surface area contributed by atoms with Crippen LogP contribution in [0.1, 0.15) is 146 Å². The number of oxime groups is 1. The predicted molar refractivity (Wildman–Crippen MR) is 258 cm³/mol. The van der Waals surface area contributed by atoms with Gasteiger partial charge in [0.05, 0.1) is 24.8 Å². The van der Waals surface area contributed by atoms with Crippen molar-refractivity contribution in [2.75, 3.05) is 59.2 Å². The number of ether oxygens (including phenoxy) is 4. The molecule has 6 rings (SSSR count). The second-order valence-electron chi connectivity index (χ2n) is 18.7. The zero-order chi connectivity index (χ0) is 45.7. The van der Waals surface area contributed by atoms with Crippen LogP contribution >= 0.6 is 0 Å². The molecule has 0 bridgehead atoms. The maximum Gasteiger partial charge on any atom is 0.410 e. The summed E-state index contributed by atoms with van der Waals surface area (Å²) in [4.78, 5) is 25.1. The number of aliphatic hydroxyl groups excluding tert-OH is 2. The van der Waals surface area contributed by atoms with Gasteiger partial charge in [-0.1, -0.05) is 132 Å². The molecular formula is C54H81N3O8. The summed E-state index contributed by atoms with van der Waals surface area (Å²) in [6, 6.07) is 15.6. The van der Waals surface area contributed by atoms with E-state index in [4.69, 9.17) is 28.9 Å². The molecule has 2 aliphatic heterocycles. The number of hydrogen-bond acceptors (Lipinski definition) is 10. The molecule has 6 unspecified atom stereocenters. The number of rotatable bonds is 32. The topological polar surface area (TPSA) is 122 Å². The molecule has 2 heterocycles. The minimum absolute atomic E-state index is 0.120. The van der Waals surface area contributed by atoms with Gasteiger partial charge in [-0.05, 0) is 79.7 Å². The average molecular weight is 900 g/mol. The van der Waals surface area contributed by atoms with E-state index in [0.717, 1.165) is 98.5 Å². The lowest BCUT2D eigenvalue weighted by Crippen LogP contribution is -2.70. The first-order chi connectivity index (χ1) is 32.0. The Hall–Kier alpha value is -3.90. The molecule has 2 aromatic carbocycles. The van der Waals surface area contributed by atoms with E-state index in [1.807, 2.05) is 47.4 Å². The van der Waals surface area contributed by atoms with Crippen molar-refractivity contribution in [2.45, 2.75) is 154 Å². The van der Waals surface area contributed by atoms with Crippen LogP contribution in [0.3, 0.4) is 0 Å². The summed E-state index contributed by atoms with van der Waals surface area (Å²) in [5, 5.41) is 24.9. The quantitative estimate of drug-likeness (QED) is 0.0320. The van der Waals surface area contributed by atoms with Crippen LogP contribution in [-0.2, 0) is 20.9 Å². The Morgan fingerprint density at radius 1 is 0.892 bits per heavy atom. The van der Waals surface area contributed by atoms with Crippen molar-refractivity contribution < 1.29 is 38.8 Å². The highest BCUT2D eigenvalue weighted by Crippen LogP contribution is 2.62. The highest BCUT2D eigenvalue weighted by Gasteiger charge is 2.65. The molecule has 1 amide bonds. The van der Waals surface area contributed by atoms with E-state index < -0.39 is 11.8 Å². The number of amides is 1. The van der Waals surface area contributed by atoms with Gasteiger partial charge in [0.1, 0.15) is 30.8 Å². The van der Waals surface area contributed by atoms with Crippen LogP contribution in [0.15, 0.2) is 78.0 Å². The summed E-state index contributed by atoms with van der Waals surface area (Å²) < 4.78 is 27.2. The maximum absolute atomic E-state index is 14.6. The van der Waals surface area contributed by atoms with Gasteiger partial charge in [-0.25, -0.2) is 4.79 Å². The number of allylic oxidation sites excluding steroid dienone is 1. The van der Waals surface area contributed by atoms with Gasteiger partial charge in [0.25, 0.3) is 0 Å². The molecule has 360 valence electrons. The standard InChI is InChI=1S/C54H81N3O8/c1-4-7-8-9-10-11-12-13-14-22-36-62-53(60)57(29-5-2)50-40-48(55-64-41-42-23-16-15-17-24-42)46-38-43(25-18-20-33-58)45(26-19-21-34-59)51-47-39-44(61-37-32-56-30-31-56)27-28-49(47)65-54(50,52(46)51)63-35-6-3/h6,15-17,23-24,27-28,38-39,43,45,50-52,58-59H,3-5,7-14,18-22,25-26,29-37,40-41H2,1-2H3. The van der Waals surface area contributed by atoms with E-state index in [2.05, 4.69) is 37.5 Å². The van der Waals surface area contributed by atoms with Gasteiger partial charge >= 0.3 is 6.09 Å². The monoisotopic (exact) mass is 900 g/mol. The van der Waals surface area contributed by atoms with Crippen molar-refractivity contribution >= 4 is 11.8 Å². The first-order valence-electron chi connectivity index (χ1n) is 25.5. The SMILES string of the molecule is C=CCOC12Oc3ccc(OCCN4CC4)cc3C3C(CCCCO)C(CCCCO)C=C(C(=NOCc4ccccc4)CC1N(CCC)C(=O)OCCCCCCCCCCCC)C32. The summed E-state index contributed by atoms with van der Waals surface area (Å²) in [6.07, 6.45) is 21.7. The zero-order valence-electron chi connectivity index (χ0n) is 39.9. The molecule has 1 saturated heterocycles. The van der Waals surface area contributed by atoms with E-state index in [0.29, 0.717) is 52.0 Å². The molecule has 1 saturated carbocycles. The third-order valence-electron chi connectivity index (χ3n) is 13.9. The number of fused-ring (bicyclic) bond motifs is 2. The smallest absolute Gasteiger partial charge is 0.410 e. The summed E-state index contributed by atoms with van der Waals surface area (Å²) in [7, 11) is 0. The van der Waals surface area contributed by atoms with E-state index in [1.54, 1.807) is 6.08 Å². The molecule has 65 heavy (non-hydrogen) atoms. The van der Waals surface area contributed by atoms with Crippen LogP contribution in [-0.4, -0.2) is 103 Å². The number of aliphatic hydroxyl groups is 2. The maximum atomic E-state index is 14.6. The number of nitrogens with zero attached hydrogens (tertiary/aromatic N) is 3. The summed E-state index contributed by atoms with van der Waals surface area (Å²) >= 11 is 0. The third-order valence-corrected chi connectivity index (χ3v) is 13.9. The van der Waals surface area contributed by atoms with Crippen LogP contribution in [0.25, 0.3) is 0 Å². The zero-order valence-corrected chi connectivity index (χ0v) is 39.9. The van der Waals surface area contributed by atoms with E-state index in [9.17, 15) is 15.0 Å². The van der Waals surface area contributed by atoms with Crippen molar-refractivity contribution in [3.05, 3.63) is 84.0 Å². The van der Waals surface area contributed by atoms with Crippen molar-refractivity contribution in [1.82, 2.24) is 9.80 Å². The normalized spacial score (nSPS) is 23.8. The molecule has 6 atom stereocenters. The van der Waals surface area contributed by atoms with E-state index in [1.165, 1.54) is 44.9 Å². The Labute approximate surface area is 390 Å². The van der Waals surface area contributed by atoms with Crippen molar-refractivity contribution in [2.24, 2.45) is 22.9 Å². The Bertz CT molecular complexity index is 1780. The van der Waals surface area contributed by atoms with Gasteiger partial charge in [-0.2, -0.15) is 0 Å². The molecule has 0 spiro atoms. The molecule has 2 fully saturated rings. The van der Waals surface area contributed by atoms with Crippen LogP contribution in [0, 0.1) is 17.8 Å². The number of carbonyl (C=O) groups is 1. The number of carbonyl (C=O) groups excluding carboxylic acids is 1. The second-order valence-corrected chi connectivity index (χ2v) is 18.7. The minimum atomic E-state index is -1.33. The molecule has 2 N–H and O–H groups in total. The minimum Gasteiger partial charge on any atom is -0.492 e. The van der Waals surface area contributed by atoms with E-state index in [-0.39, 0.29) is 49.6 Å². The van der Waals surface area contributed by atoms with Gasteiger partial charge in [-0.3, -0.25) is 9.80 Å². The Kier molecular flexibility index (Phi) is 21.0. The van der Waals surface area contributed by atoms with Crippen LogP contribution in [0.5, 0.6) is 11.5 Å². The van der Waals surface area contributed by atoms with Crippen LogP contribution < -0.4 is 9.47 Å². The Morgan fingerprint density at radius 3 is 2.31 bits per heavy atom. The Morgan fingerprint density at radius 2 is 1.62 bits per heavy atom. The highest BCUT2D eigenvalue weighted by atomic mass is 16.7. The fourth-order valence-electron chi connectivity index (χ4n) is 10.5.